The van der Waals surface area contributed by atoms with E-state index in [9.17, 15) is 4.79 Å². The predicted octanol–water partition coefficient (Wildman–Crippen LogP) is 2.47. The summed E-state index contributed by atoms with van der Waals surface area (Å²) < 4.78 is 0. The van der Waals surface area contributed by atoms with Crippen LogP contribution in [0.2, 0.25) is 0 Å². The number of alkyl halides is 1. The minimum Gasteiger partial charge on any atom is -0.351 e. The van der Waals surface area contributed by atoms with Crippen LogP contribution < -0.4 is 5.32 Å². The predicted molar refractivity (Wildman–Crippen MR) is 74.3 cm³/mol. The zero-order chi connectivity index (χ0) is 11.8. The zero-order valence-electron chi connectivity index (χ0n) is 9.28. The number of benzene rings is 1. The Bertz CT molecular complexity index is 318. The first-order chi connectivity index (χ1) is 7.76. The average molecular weight is 302 g/mol. The molecule has 1 aromatic rings. The first-order valence-corrected chi connectivity index (χ1v) is 7.66. The molecule has 1 aromatic carbocycles. The molecule has 88 valence electrons. The van der Waals surface area contributed by atoms with Crippen molar-refractivity contribution in [2.45, 2.75) is 12.5 Å². The number of halogens is 1. The third-order valence-corrected chi connectivity index (χ3v) is 3.48. The molecule has 0 radical (unpaired) electrons. The summed E-state index contributed by atoms with van der Waals surface area (Å²) in [6, 6.07) is 10.4. The van der Waals surface area contributed by atoms with Crippen LogP contribution in [0.5, 0.6) is 0 Å². The van der Waals surface area contributed by atoms with Crippen molar-refractivity contribution in [3.8, 4) is 0 Å². The molecule has 0 fully saturated rings. The van der Waals surface area contributed by atoms with E-state index in [1.165, 1.54) is 5.56 Å². The number of carbonyl (C=O) groups excluding carboxylic acids is 1. The van der Waals surface area contributed by atoms with Crippen molar-refractivity contribution < 1.29 is 4.79 Å². The third kappa shape index (κ3) is 5.03. The van der Waals surface area contributed by atoms with Crippen LogP contribution >= 0.6 is 27.7 Å². The maximum atomic E-state index is 11.4. The summed E-state index contributed by atoms with van der Waals surface area (Å²) in [7, 11) is 0. The average Bonchev–Trinajstić information content (AvgIpc) is 2.30. The van der Waals surface area contributed by atoms with Gasteiger partial charge >= 0.3 is 0 Å². The highest BCUT2D eigenvalue weighted by Crippen LogP contribution is 2.05. The fraction of sp³-hybridized carbons (Fsp3) is 0.417. The second kappa shape index (κ2) is 7.74. The van der Waals surface area contributed by atoms with E-state index in [2.05, 4.69) is 33.4 Å². The van der Waals surface area contributed by atoms with Crippen LogP contribution in [0.25, 0.3) is 0 Å². The second-order valence-corrected chi connectivity index (χ2v) is 5.05. The van der Waals surface area contributed by atoms with Crippen LogP contribution in [-0.2, 0) is 11.2 Å². The van der Waals surface area contributed by atoms with Gasteiger partial charge in [-0.25, -0.2) is 0 Å². The molecule has 0 spiro atoms. The topological polar surface area (TPSA) is 29.1 Å². The summed E-state index contributed by atoms with van der Waals surface area (Å²) in [5.74, 6) is 0.631. The Kier molecular flexibility index (Phi) is 6.57. The fourth-order valence-corrected chi connectivity index (χ4v) is 2.18. The van der Waals surface area contributed by atoms with E-state index < -0.39 is 0 Å². The van der Waals surface area contributed by atoms with Crippen molar-refractivity contribution >= 4 is 33.6 Å². The highest BCUT2D eigenvalue weighted by atomic mass is 79.9. The molecule has 16 heavy (non-hydrogen) atoms. The lowest BCUT2D eigenvalue weighted by atomic mass is 10.1. The Balaban J connectivity index is 2.46. The minimum atomic E-state index is 0.105. The van der Waals surface area contributed by atoms with Crippen molar-refractivity contribution in [3.05, 3.63) is 35.9 Å². The van der Waals surface area contributed by atoms with E-state index in [-0.39, 0.29) is 11.9 Å². The largest absolute Gasteiger partial charge is 0.351 e. The van der Waals surface area contributed by atoms with Gasteiger partial charge in [0.25, 0.3) is 0 Å². The lowest BCUT2D eigenvalue weighted by Gasteiger charge is -2.15. The molecule has 1 amide bonds. The molecule has 0 aliphatic carbocycles. The van der Waals surface area contributed by atoms with Crippen LogP contribution in [0.1, 0.15) is 5.56 Å². The Morgan fingerprint density at radius 3 is 2.69 bits per heavy atom. The molecule has 0 heterocycles. The van der Waals surface area contributed by atoms with Gasteiger partial charge in [-0.1, -0.05) is 46.3 Å². The summed E-state index contributed by atoms with van der Waals surface area (Å²) in [4.78, 5) is 11.4. The van der Waals surface area contributed by atoms with E-state index in [1.54, 1.807) is 11.8 Å². The number of nitrogens with one attached hydrogen (secondary N) is 1. The molecule has 0 bridgehead atoms. The summed E-state index contributed by atoms with van der Waals surface area (Å²) in [6.45, 7) is 0. The molecule has 0 aromatic heterocycles. The first kappa shape index (κ1) is 13.6. The molecule has 0 saturated carbocycles. The van der Waals surface area contributed by atoms with Gasteiger partial charge in [-0.2, -0.15) is 11.8 Å². The monoisotopic (exact) mass is 301 g/mol. The van der Waals surface area contributed by atoms with E-state index in [0.717, 1.165) is 11.8 Å². The molecule has 0 saturated heterocycles. The molecule has 2 nitrogen and oxygen atoms in total. The van der Waals surface area contributed by atoms with Gasteiger partial charge in [-0.15, -0.1) is 0 Å². The van der Waals surface area contributed by atoms with Crippen molar-refractivity contribution in [2.24, 2.45) is 0 Å². The Morgan fingerprint density at radius 1 is 1.44 bits per heavy atom. The quantitative estimate of drug-likeness (QED) is 0.818. The van der Waals surface area contributed by atoms with Crippen LogP contribution in [-0.4, -0.2) is 29.3 Å². The Morgan fingerprint density at radius 2 is 2.12 bits per heavy atom. The summed E-state index contributed by atoms with van der Waals surface area (Å²) in [5.41, 5.74) is 1.25. The summed E-state index contributed by atoms with van der Waals surface area (Å²) in [6.07, 6.45) is 2.80. The molecular formula is C12H16BrNOS. The van der Waals surface area contributed by atoms with Crippen LogP contribution in [0.4, 0.5) is 0 Å². The van der Waals surface area contributed by atoms with Crippen LogP contribution in [0.3, 0.4) is 0 Å². The van der Waals surface area contributed by atoms with E-state index in [1.807, 2.05) is 24.5 Å². The van der Waals surface area contributed by atoms with Gasteiger partial charge in [-0.05, 0) is 18.2 Å². The van der Waals surface area contributed by atoms with E-state index >= 15 is 0 Å². The van der Waals surface area contributed by atoms with Crippen LogP contribution in [0.15, 0.2) is 30.3 Å². The molecule has 1 atom stereocenters. The maximum absolute atomic E-state index is 11.4. The van der Waals surface area contributed by atoms with Gasteiger partial charge in [0, 0.05) is 11.4 Å². The molecule has 1 unspecified atom stereocenters. The molecule has 0 aliphatic rings. The summed E-state index contributed by atoms with van der Waals surface area (Å²) >= 11 is 4.97. The lowest BCUT2D eigenvalue weighted by molar-refractivity contribution is -0.119. The molecule has 1 rings (SSSR count). The van der Waals surface area contributed by atoms with Crippen molar-refractivity contribution in [2.75, 3.05) is 17.3 Å². The lowest BCUT2D eigenvalue weighted by Crippen LogP contribution is -2.38. The SMILES string of the molecule is CSCC(=O)NC(CBr)Cc1ccccc1. The highest BCUT2D eigenvalue weighted by molar-refractivity contribution is 9.09. The van der Waals surface area contributed by atoms with Gasteiger partial charge in [-0.3, -0.25) is 4.79 Å². The zero-order valence-corrected chi connectivity index (χ0v) is 11.7. The van der Waals surface area contributed by atoms with Gasteiger partial charge in [0.1, 0.15) is 0 Å². The maximum Gasteiger partial charge on any atom is 0.230 e. The third-order valence-electron chi connectivity index (χ3n) is 2.15. The fourth-order valence-electron chi connectivity index (χ4n) is 1.44. The number of hydrogen-bond donors (Lipinski definition) is 1. The minimum absolute atomic E-state index is 0.105. The Labute approximate surface area is 109 Å². The highest BCUT2D eigenvalue weighted by Gasteiger charge is 2.10. The number of amides is 1. The number of rotatable bonds is 6. The van der Waals surface area contributed by atoms with Gasteiger partial charge in [0.2, 0.25) is 5.91 Å². The molecule has 4 heteroatoms. The smallest absolute Gasteiger partial charge is 0.230 e. The van der Waals surface area contributed by atoms with Gasteiger partial charge in [0.15, 0.2) is 0 Å². The van der Waals surface area contributed by atoms with Crippen molar-refractivity contribution in [1.29, 1.82) is 0 Å². The second-order valence-electron chi connectivity index (χ2n) is 3.54. The van der Waals surface area contributed by atoms with E-state index in [0.29, 0.717) is 5.75 Å². The van der Waals surface area contributed by atoms with E-state index in [4.69, 9.17) is 0 Å². The number of thioether (sulfide) groups is 1. The molecule has 0 aliphatic heterocycles. The summed E-state index contributed by atoms with van der Waals surface area (Å²) in [5, 5.41) is 3.79. The Hall–Kier alpha value is -0.480. The number of carbonyl (C=O) groups is 1. The van der Waals surface area contributed by atoms with Crippen molar-refractivity contribution in [3.63, 3.8) is 0 Å². The van der Waals surface area contributed by atoms with Crippen molar-refractivity contribution in [1.82, 2.24) is 5.32 Å². The van der Waals surface area contributed by atoms with Crippen LogP contribution in [0, 0.1) is 0 Å². The van der Waals surface area contributed by atoms with Gasteiger partial charge < -0.3 is 5.32 Å². The normalized spacial score (nSPS) is 12.1. The first-order valence-electron chi connectivity index (χ1n) is 5.14. The molecular weight excluding hydrogens is 286 g/mol. The standard InChI is InChI=1S/C12H16BrNOS/c1-16-9-12(15)14-11(8-13)7-10-5-3-2-4-6-10/h2-6,11H,7-9H2,1H3,(H,14,15). The number of hydrogen-bond acceptors (Lipinski definition) is 2. The van der Waals surface area contributed by atoms with Gasteiger partial charge in [0.05, 0.1) is 5.75 Å². The molecule has 1 N–H and O–H groups in total.